The van der Waals surface area contributed by atoms with Crippen LogP contribution in [0.1, 0.15) is 35.1 Å². The quantitative estimate of drug-likeness (QED) is 0.471. The summed E-state index contributed by atoms with van der Waals surface area (Å²) in [5, 5.41) is 8.91. The largest absolute Gasteiger partial charge is 0.497 e. The molecular weight excluding hydrogens is 420 g/mol. The van der Waals surface area contributed by atoms with Crippen molar-refractivity contribution >= 4 is 23.8 Å². The highest BCUT2D eigenvalue weighted by molar-refractivity contribution is 7.99. The SMILES string of the molecule is COc1ccc(C2(C)CSc3cc(OC)ccc3C2c2ccc(C=CC(=O)O)cc2)cc1. The molecule has 1 N–H and O–H groups in total. The number of fused-ring (bicyclic) bond motifs is 1. The van der Waals surface area contributed by atoms with Gasteiger partial charge in [0.1, 0.15) is 11.5 Å². The maximum atomic E-state index is 10.9. The second-order valence-corrected chi connectivity index (χ2v) is 9.13. The number of methoxy groups -OCH3 is 2. The Bertz CT molecular complexity index is 1140. The van der Waals surface area contributed by atoms with Crippen LogP contribution >= 0.6 is 11.8 Å². The molecule has 1 aliphatic heterocycles. The molecule has 1 heterocycles. The molecule has 164 valence electrons. The predicted octanol–water partition coefficient (Wildman–Crippen LogP) is 6.00. The Hall–Kier alpha value is -3.18. The van der Waals surface area contributed by atoms with Gasteiger partial charge in [0.25, 0.3) is 0 Å². The van der Waals surface area contributed by atoms with Crippen molar-refractivity contribution in [1.29, 1.82) is 0 Å². The maximum absolute atomic E-state index is 10.9. The van der Waals surface area contributed by atoms with Crippen molar-refractivity contribution in [3.05, 3.63) is 95.1 Å². The van der Waals surface area contributed by atoms with Gasteiger partial charge in [-0.2, -0.15) is 0 Å². The van der Waals surface area contributed by atoms with E-state index in [0.29, 0.717) is 0 Å². The number of benzene rings is 3. The Labute approximate surface area is 192 Å². The van der Waals surface area contributed by atoms with Crippen LogP contribution in [0.15, 0.2) is 77.7 Å². The molecule has 0 radical (unpaired) electrons. The molecule has 2 atom stereocenters. The predicted molar refractivity (Wildman–Crippen MR) is 129 cm³/mol. The first kappa shape index (κ1) is 22.0. The summed E-state index contributed by atoms with van der Waals surface area (Å²) >= 11 is 1.86. The average Bonchev–Trinajstić information content (AvgIpc) is 2.83. The lowest BCUT2D eigenvalue weighted by Crippen LogP contribution is -2.36. The Balaban J connectivity index is 1.81. The van der Waals surface area contributed by atoms with Crippen molar-refractivity contribution in [2.24, 2.45) is 0 Å². The highest BCUT2D eigenvalue weighted by atomic mass is 32.2. The fourth-order valence-electron chi connectivity index (χ4n) is 4.40. The standard InChI is InChI=1S/C27H26O4S/c1-27(20-9-11-21(30-2)12-10-20)17-32-24-16-22(31-3)13-14-23(24)26(27)19-7-4-18(5-8-19)6-15-25(28)29/h4-16,26H,17H2,1-3H3,(H,28,29). The van der Waals surface area contributed by atoms with Crippen LogP contribution < -0.4 is 9.47 Å². The van der Waals surface area contributed by atoms with Gasteiger partial charge in [-0.3, -0.25) is 0 Å². The van der Waals surface area contributed by atoms with E-state index >= 15 is 0 Å². The van der Waals surface area contributed by atoms with Gasteiger partial charge < -0.3 is 14.6 Å². The summed E-state index contributed by atoms with van der Waals surface area (Å²) in [5.74, 6) is 1.81. The molecule has 3 aromatic carbocycles. The molecule has 2 unspecified atom stereocenters. The zero-order chi connectivity index (χ0) is 22.7. The first-order valence-electron chi connectivity index (χ1n) is 10.4. The molecule has 1 aliphatic rings. The van der Waals surface area contributed by atoms with E-state index in [1.54, 1.807) is 20.3 Å². The van der Waals surface area contributed by atoms with Gasteiger partial charge in [-0.1, -0.05) is 49.4 Å². The molecule has 5 heteroatoms. The van der Waals surface area contributed by atoms with Gasteiger partial charge in [-0.05, 0) is 52.6 Å². The van der Waals surface area contributed by atoms with Gasteiger partial charge >= 0.3 is 5.97 Å². The van der Waals surface area contributed by atoms with Crippen molar-refractivity contribution in [3.8, 4) is 11.5 Å². The molecule has 0 spiro atoms. The minimum Gasteiger partial charge on any atom is -0.497 e. The fraction of sp³-hybridized carbons (Fsp3) is 0.222. The van der Waals surface area contributed by atoms with Crippen LogP contribution in [-0.4, -0.2) is 31.0 Å². The van der Waals surface area contributed by atoms with Gasteiger partial charge in [0.2, 0.25) is 0 Å². The number of aliphatic carboxylic acids is 1. The lowest BCUT2D eigenvalue weighted by molar-refractivity contribution is -0.131. The van der Waals surface area contributed by atoms with E-state index in [1.165, 1.54) is 21.6 Å². The molecule has 0 aliphatic carbocycles. The second kappa shape index (κ2) is 9.13. The Kier molecular flexibility index (Phi) is 6.28. The van der Waals surface area contributed by atoms with E-state index in [2.05, 4.69) is 43.3 Å². The smallest absolute Gasteiger partial charge is 0.328 e. The van der Waals surface area contributed by atoms with Crippen LogP contribution in [-0.2, 0) is 10.2 Å². The molecule has 0 aromatic heterocycles. The zero-order valence-electron chi connectivity index (χ0n) is 18.4. The molecule has 3 aromatic rings. The molecule has 32 heavy (non-hydrogen) atoms. The molecule has 0 bridgehead atoms. The molecule has 0 amide bonds. The Morgan fingerprint density at radius 3 is 2.28 bits per heavy atom. The first-order valence-corrected chi connectivity index (χ1v) is 11.4. The zero-order valence-corrected chi connectivity index (χ0v) is 19.2. The summed E-state index contributed by atoms with van der Waals surface area (Å²) in [4.78, 5) is 12.1. The van der Waals surface area contributed by atoms with Gasteiger partial charge in [-0.25, -0.2) is 4.79 Å². The fourth-order valence-corrected chi connectivity index (χ4v) is 5.74. The topological polar surface area (TPSA) is 55.8 Å². The number of ether oxygens (including phenoxy) is 2. The minimum absolute atomic E-state index is 0.135. The number of carboxylic acids is 1. The van der Waals surface area contributed by atoms with Crippen molar-refractivity contribution in [2.45, 2.75) is 23.2 Å². The normalized spacial score (nSPS) is 20.0. The van der Waals surface area contributed by atoms with E-state index in [-0.39, 0.29) is 11.3 Å². The number of carboxylic acid groups (broad SMARTS) is 1. The van der Waals surface area contributed by atoms with Crippen LogP contribution in [0.25, 0.3) is 6.08 Å². The van der Waals surface area contributed by atoms with Crippen LogP contribution in [0, 0.1) is 0 Å². The lowest BCUT2D eigenvalue weighted by Gasteiger charge is -2.43. The van der Waals surface area contributed by atoms with Gasteiger partial charge in [0.05, 0.1) is 14.2 Å². The van der Waals surface area contributed by atoms with Crippen LogP contribution in [0.4, 0.5) is 0 Å². The highest BCUT2D eigenvalue weighted by Gasteiger charge is 2.42. The number of thioether (sulfide) groups is 1. The van der Waals surface area contributed by atoms with E-state index < -0.39 is 5.97 Å². The van der Waals surface area contributed by atoms with Crippen molar-refractivity contribution in [3.63, 3.8) is 0 Å². The number of hydrogen-bond acceptors (Lipinski definition) is 4. The van der Waals surface area contributed by atoms with Crippen LogP contribution in [0.5, 0.6) is 11.5 Å². The number of carbonyl (C=O) groups is 1. The van der Waals surface area contributed by atoms with E-state index in [0.717, 1.165) is 28.9 Å². The van der Waals surface area contributed by atoms with E-state index in [4.69, 9.17) is 14.6 Å². The third-order valence-corrected chi connectivity index (χ3v) is 7.54. The summed E-state index contributed by atoms with van der Waals surface area (Å²) in [5.41, 5.74) is 4.45. The van der Waals surface area contributed by atoms with Gasteiger partial charge in [0, 0.05) is 28.1 Å². The summed E-state index contributed by atoms with van der Waals surface area (Å²) in [6, 6.07) is 22.8. The average molecular weight is 447 g/mol. The third-order valence-electron chi connectivity index (χ3n) is 6.13. The van der Waals surface area contributed by atoms with Gasteiger partial charge in [0.15, 0.2) is 0 Å². The number of hydrogen-bond donors (Lipinski definition) is 1. The monoisotopic (exact) mass is 446 g/mol. The van der Waals surface area contributed by atoms with Crippen LogP contribution in [0.3, 0.4) is 0 Å². The Morgan fingerprint density at radius 1 is 1.00 bits per heavy atom. The third kappa shape index (κ3) is 4.26. The molecule has 0 saturated carbocycles. The van der Waals surface area contributed by atoms with Crippen molar-refractivity contribution < 1.29 is 19.4 Å². The maximum Gasteiger partial charge on any atom is 0.328 e. The summed E-state index contributed by atoms with van der Waals surface area (Å²) < 4.78 is 10.8. The first-order chi connectivity index (χ1) is 15.4. The second-order valence-electron chi connectivity index (χ2n) is 8.11. The Morgan fingerprint density at radius 2 is 1.66 bits per heavy atom. The molecule has 4 rings (SSSR count). The van der Waals surface area contributed by atoms with Gasteiger partial charge in [-0.15, -0.1) is 11.8 Å². The van der Waals surface area contributed by atoms with E-state index in [9.17, 15) is 4.79 Å². The molecular formula is C27H26O4S. The minimum atomic E-state index is -0.951. The van der Waals surface area contributed by atoms with Crippen molar-refractivity contribution in [2.75, 3.05) is 20.0 Å². The molecule has 0 saturated heterocycles. The molecule has 0 fully saturated rings. The van der Waals surface area contributed by atoms with E-state index in [1.807, 2.05) is 42.1 Å². The lowest BCUT2D eigenvalue weighted by atomic mass is 9.67. The highest BCUT2D eigenvalue weighted by Crippen LogP contribution is 2.53. The summed E-state index contributed by atoms with van der Waals surface area (Å²) in [7, 11) is 3.37. The number of rotatable bonds is 6. The van der Waals surface area contributed by atoms with Crippen molar-refractivity contribution in [1.82, 2.24) is 0 Å². The summed E-state index contributed by atoms with van der Waals surface area (Å²) in [6.45, 7) is 2.32. The molecule has 4 nitrogen and oxygen atoms in total. The van der Waals surface area contributed by atoms with Crippen LogP contribution in [0.2, 0.25) is 0 Å². The summed E-state index contributed by atoms with van der Waals surface area (Å²) in [6.07, 6.45) is 2.78.